The summed E-state index contributed by atoms with van der Waals surface area (Å²) in [6, 6.07) is 6.71. The minimum Gasteiger partial charge on any atom is -0.494 e. The van der Waals surface area contributed by atoms with Gasteiger partial charge in [-0.1, -0.05) is 19.9 Å². The number of nitrogens with two attached hydrogens (primary N) is 2. The molecule has 1 unspecified atom stereocenters. The van der Waals surface area contributed by atoms with Gasteiger partial charge in [0.25, 0.3) is 6.43 Å². The maximum absolute atomic E-state index is 13.7. The van der Waals surface area contributed by atoms with Crippen LogP contribution in [0.25, 0.3) is 11.2 Å². The zero-order chi connectivity index (χ0) is 27.3. The maximum Gasteiger partial charge on any atom is 0.295 e. The van der Waals surface area contributed by atoms with Gasteiger partial charge in [-0.3, -0.25) is 9.13 Å². The molecule has 2 aromatic heterocycles. The Bertz CT molecular complexity index is 1300. The second-order valence-electron chi connectivity index (χ2n) is 7.75. The Labute approximate surface area is 227 Å². The third kappa shape index (κ3) is 6.54. The zero-order valence-electron chi connectivity index (χ0n) is 20.7. The number of pyridine rings is 1. The highest BCUT2D eigenvalue weighted by atomic mass is 127. The van der Waals surface area contributed by atoms with Gasteiger partial charge < -0.3 is 21.1 Å². The smallest absolute Gasteiger partial charge is 0.295 e. The number of amides is 1. The molecule has 0 aliphatic heterocycles. The van der Waals surface area contributed by atoms with Gasteiger partial charge in [-0.2, -0.15) is 0 Å². The molecule has 3 aromatic rings. The van der Waals surface area contributed by atoms with Crippen molar-refractivity contribution >= 4 is 68.5 Å². The number of carbonyl (C=O) groups excluding carboxylic acids is 1. The summed E-state index contributed by atoms with van der Waals surface area (Å²) < 4.78 is 34.4. The number of hydrogen-bond donors (Lipinski definition) is 4. The van der Waals surface area contributed by atoms with E-state index in [1.165, 1.54) is 18.5 Å². The number of amidine groups is 1. The van der Waals surface area contributed by atoms with Crippen molar-refractivity contribution in [1.29, 1.82) is 0 Å². The van der Waals surface area contributed by atoms with E-state index in [2.05, 4.69) is 25.7 Å². The highest BCUT2D eigenvalue weighted by Crippen LogP contribution is 2.40. The number of alkyl halides is 2. The Morgan fingerprint density at radius 3 is 2.59 bits per heavy atom. The van der Waals surface area contributed by atoms with Crippen LogP contribution in [0.3, 0.4) is 0 Å². The van der Waals surface area contributed by atoms with E-state index in [-0.39, 0.29) is 41.0 Å². The maximum atomic E-state index is 13.7. The quantitative estimate of drug-likeness (QED) is 0.0652. The number of fused-ring (bicyclic) bond motifs is 1. The normalized spacial score (nSPS) is 13.6. The highest BCUT2D eigenvalue weighted by molar-refractivity contribution is 14.2. The highest BCUT2D eigenvalue weighted by Gasteiger charge is 2.30. The number of benzene rings is 1. The van der Waals surface area contributed by atoms with Crippen LogP contribution >= 0.6 is 28.4 Å². The molecular weight excluding hydrogens is 618 g/mol. The van der Waals surface area contributed by atoms with Gasteiger partial charge in [0.05, 0.1) is 30.4 Å². The number of ether oxygens (including phenoxy) is 1. The molecule has 1 amide bonds. The number of imidazole rings is 1. The number of carbonyl (C=O) groups is 1. The number of hydrazone groups is 1. The van der Waals surface area contributed by atoms with Crippen LogP contribution in [0.15, 0.2) is 29.4 Å². The van der Waals surface area contributed by atoms with Crippen LogP contribution in [-0.4, -0.2) is 45.3 Å². The van der Waals surface area contributed by atoms with Crippen molar-refractivity contribution in [3.8, 4) is 5.75 Å². The first-order valence-electron chi connectivity index (χ1n) is 11.4. The molecule has 1 aromatic carbocycles. The van der Waals surface area contributed by atoms with E-state index in [1.54, 1.807) is 24.3 Å². The largest absolute Gasteiger partial charge is 0.494 e. The molecule has 0 bridgehead atoms. The van der Waals surface area contributed by atoms with Crippen molar-refractivity contribution in [2.45, 2.75) is 33.1 Å². The molecular formula is C22H29F2IN9O2P. The van der Waals surface area contributed by atoms with Gasteiger partial charge in [-0.25, -0.2) is 29.7 Å². The van der Waals surface area contributed by atoms with Crippen molar-refractivity contribution in [2.75, 3.05) is 24.8 Å². The van der Waals surface area contributed by atoms with Crippen molar-refractivity contribution in [2.24, 2.45) is 22.6 Å². The Balaban J connectivity index is 0.00000186. The molecule has 6 N–H and O–H groups in total. The summed E-state index contributed by atoms with van der Waals surface area (Å²) in [6.45, 7) is 4.00. The fourth-order valence-corrected chi connectivity index (χ4v) is 5.35. The van der Waals surface area contributed by atoms with Crippen LogP contribution in [0.5, 0.6) is 5.75 Å². The molecule has 15 heteroatoms. The van der Waals surface area contributed by atoms with Gasteiger partial charge in [0.15, 0.2) is 23.1 Å². The molecule has 4 rings (SSSR count). The standard InChI is InChI=1S/C20H23F2IN9O2P.C2H6/c1-31(25)30-17(24)10-4-3-5-11(15(10)34-2)26-12-8-13(28-20(33)9-6-7-9)27-18-14(12)29-19(16(21)22)32(18)35-23;1-2/h3-5,8-9,16,35H,6-7,25H2,1-2H3,(H2,24,30)(H2,26,27,28,33);1-2H3. The first-order valence-corrected chi connectivity index (χ1v) is 15.5. The molecule has 200 valence electrons. The Morgan fingerprint density at radius 1 is 1.32 bits per heavy atom. The topological polar surface area (TPSA) is 149 Å². The number of halogens is 3. The van der Waals surface area contributed by atoms with Gasteiger partial charge in [0.2, 0.25) is 5.91 Å². The number of anilines is 3. The van der Waals surface area contributed by atoms with E-state index < -0.39 is 12.2 Å². The van der Waals surface area contributed by atoms with Gasteiger partial charge in [0.1, 0.15) is 11.3 Å². The van der Waals surface area contributed by atoms with E-state index in [0.717, 1.165) is 18.0 Å². The van der Waals surface area contributed by atoms with Crippen molar-refractivity contribution in [3.63, 3.8) is 0 Å². The van der Waals surface area contributed by atoms with Crippen molar-refractivity contribution in [3.05, 3.63) is 35.7 Å². The van der Waals surface area contributed by atoms with Gasteiger partial charge in [-0.15, -0.1) is 5.10 Å². The second kappa shape index (κ2) is 12.6. The van der Waals surface area contributed by atoms with Crippen LogP contribution in [0.1, 0.15) is 44.5 Å². The summed E-state index contributed by atoms with van der Waals surface area (Å²) in [4.78, 5) is 21.0. The summed E-state index contributed by atoms with van der Waals surface area (Å²) in [5.41, 5.74) is 7.83. The molecule has 1 aliphatic rings. The first kappa shape index (κ1) is 28.7. The second-order valence-corrected chi connectivity index (χ2v) is 9.82. The Hall–Kier alpha value is -2.84. The van der Waals surface area contributed by atoms with E-state index in [0.29, 0.717) is 22.7 Å². The number of hydrogen-bond acceptors (Lipinski definition) is 8. The molecule has 1 saturated carbocycles. The van der Waals surface area contributed by atoms with Crippen LogP contribution in [0.2, 0.25) is 0 Å². The average Bonchev–Trinajstić information content (AvgIpc) is 3.65. The molecule has 1 aliphatic carbocycles. The molecule has 37 heavy (non-hydrogen) atoms. The molecule has 0 radical (unpaired) electrons. The van der Waals surface area contributed by atoms with E-state index in [4.69, 9.17) is 16.3 Å². The third-order valence-electron chi connectivity index (χ3n) is 5.15. The number of nitrogens with zero attached hydrogens (tertiary/aromatic N) is 5. The number of rotatable bonds is 9. The Kier molecular flexibility index (Phi) is 9.79. The van der Waals surface area contributed by atoms with Crippen molar-refractivity contribution < 1.29 is 18.3 Å². The molecule has 0 saturated heterocycles. The molecule has 1 fully saturated rings. The van der Waals surface area contributed by atoms with Gasteiger partial charge in [-0.05, 0) is 47.0 Å². The summed E-state index contributed by atoms with van der Waals surface area (Å²) in [6.07, 6.45) is -1.25. The SMILES string of the molecule is CC.COc1c(Nc2cc(NC(=O)C3CC3)nc3c2nc(C(F)F)n3PI)cccc1/C(N)=N/N(C)N. The fraction of sp³-hybridized carbons (Fsp3) is 0.364. The van der Waals surface area contributed by atoms with Crippen LogP contribution in [-0.2, 0) is 4.79 Å². The first-order chi connectivity index (χ1) is 17.7. The van der Waals surface area contributed by atoms with E-state index >= 15 is 0 Å². The summed E-state index contributed by atoms with van der Waals surface area (Å²) in [5.74, 6) is 5.66. The van der Waals surface area contributed by atoms with Gasteiger partial charge >= 0.3 is 0 Å². The number of para-hydroxylation sites is 1. The monoisotopic (exact) mass is 647 g/mol. The minimum absolute atomic E-state index is 0.0587. The molecule has 2 heterocycles. The van der Waals surface area contributed by atoms with Crippen molar-refractivity contribution in [1.82, 2.24) is 19.4 Å². The summed E-state index contributed by atoms with van der Waals surface area (Å²) in [5, 5.41) is 11.0. The molecule has 11 nitrogen and oxygen atoms in total. The van der Waals surface area contributed by atoms with Crippen LogP contribution in [0, 0.1) is 5.92 Å². The number of nitrogens with one attached hydrogen (secondary N) is 2. The lowest BCUT2D eigenvalue weighted by molar-refractivity contribution is -0.117. The zero-order valence-corrected chi connectivity index (χ0v) is 23.9. The average molecular weight is 647 g/mol. The minimum atomic E-state index is -2.80. The predicted molar refractivity (Wildman–Crippen MR) is 152 cm³/mol. The summed E-state index contributed by atoms with van der Waals surface area (Å²) in [7, 11) is 2.99. The number of methoxy groups -OCH3 is 1. The third-order valence-corrected chi connectivity index (χ3v) is 7.21. The van der Waals surface area contributed by atoms with E-state index in [1.807, 2.05) is 35.9 Å². The molecule has 1 atom stereocenters. The van der Waals surface area contributed by atoms with Crippen LogP contribution < -0.4 is 26.9 Å². The number of aromatic nitrogens is 3. The fourth-order valence-electron chi connectivity index (χ4n) is 3.45. The summed E-state index contributed by atoms with van der Waals surface area (Å²) >= 11 is 1.99. The lowest BCUT2D eigenvalue weighted by Gasteiger charge is -2.16. The van der Waals surface area contributed by atoms with Gasteiger partial charge in [0, 0.05) is 19.0 Å². The number of hydrazine groups is 1. The molecule has 0 spiro atoms. The Morgan fingerprint density at radius 2 is 2.03 bits per heavy atom. The van der Waals surface area contributed by atoms with E-state index in [9.17, 15) is 13.6 Å². The lowest BCUT2D eigenvalue weighted by Crippen LogP contribution is -2.26. The lowest BCUT2D eigenvalue weighted by atomic mass is 10.1. The predicted octanol–water partition coefficient (Wildman–Crippen LogP) is 4.71. The van der Waals surface area contributed by atoms with Crippen LogP contribution in [0.4, 0.5) is 26.0 Å².